The Labute approximate surface area is 169 Å². The molecule has 0 heterocycles. The van der Waals surface area contributed by atoms with E-state index < -0.39 is 10.0 Å². The van der Waals surface area contributed by atoms with Crippen LogP contribution in [0.15, 0.2) is 71.6 Å². The van der Waals surface area contributed by atoms with E-state index in [0.717, 1.165) is 11.1 Å². The maximum absolute atomic E-state index is 12.5. The first-order valence-corrected chi connectivity index (χ1v) is 10.4. The number of rotatable bonds is 5. The summed E-state index contributed by atoms with van der Waals surface area (Å²) in [4.78, 5) is 12.4. The number of amides is 1. The monoisotopic (exact) mass is 414 g/mol. The smallest absolute Gasteiger partial charge is 0.261 e. The van der Waals surface area contributed by atoms with Crippen molar-refractivity contribution in [2.24, 2.45) is 0 Å². The summed E-state index contributed by atoms with van der Waals surface area (Å²) in [6, 6.07) is 18.1. The summed E-state index contributed by atoms with van der Waals surface area (Å²) in [6.07, 6.45) is 0. The number of sulfonamides is 1. The molecule has 0 aliphatic heterocycles. The second-order valence-corrected chi connectivity index (χ2v) is 8.51. The number of carbonyl (C=O) groups excluding carboxylic acids is 1. The molecule has 0 aliphatic carbocycles. The van der Waals surface area contributed by atoms with Crippen LogP contribution in [0.4, 0.5) is 11.4 Å². The highest BCUT2D eigenvalue weighted by atomic mass is 35.5. The number of anilines is 2. The van der Waals surface area contributed by atoms with Crippen LogP contribution >= 0.6 is 11.6 Å². The Bertz CT molecular complexity index is 1130. The molecule has 1 amide bonds. The van der Waals surface area contributed by atoms with E-state index in [0.29, 0.717) is 22.0 Å². The zero-order valence-electron chi connectivity index (χ0n) is 15.4. The van der Waals surface area contributed by atoms with E-state index in [1.807, 2.05) is 26.0 Å². The topological polar surface area (TPSA) is 75.3 Å². The summed E-state index contributed by atoms with van der Waals surface area (Å²) in [5.74, 6) is -0.258. The summed E-state index contributed by atoms with van der Waals surface area (Å²) in [5, 5.41) is 3.24. The molecular weight excluding hydrogens is 396 g/mol. The van der Waals surface area contributed by atoms with Gasteiger partial charge in [0.15, 0.2) is 0 Å². The number of hydrogen-bond acceptors (Lipinski definition) is 3. The molecule has 3 rings (SSSR count). The highest BCUT2D eigenvalue weighted by Gasteiger charge is 2.15. The first-order chi connectivity index (χ1) is 13.2. The fourth-order valence-electron chi connectivity index (χ4n) is 2.58. The van der Waals surface area contributed by atoms with Crippen LogP contribution in [0.5, 0.6) is 0 Å². The molecule has 7 heteroatoms. The molecular formula is C21H19ClN2O3S. The van der Waals surface area contributed by atoms with Crippen LogP contribution < -0.4 is 10.0 Å². The van der Waals surface area contributed by atoms with Crippen molar-refractivity contribution in [2.75, 3.05) is 10.0 Å². The molecule has 5 nitrogen and oxygen atoms in total. The summed E-state index contributed by atoms with van der Waals surface area (Å²) in [6.45, 7) is 3.75. The molecule has 0 atom stereocenters. The molecule has 0 aromatic heterocycles. The quantitative estimate of drug-likeness (QED) is 0.616. The van der Waals surface area contributed by atoms with Gasteiger partial charge in [-0.3, -0.25) is 9.52 Å². The highest BCUT2D eigenvalue weighted by Crippen LogP contribution is 2.23. The fraction of sp³-hybridized carbons (Fsp3) is 0.0952. The van der Waals surface area contributed by atoms with Gasteiger partial charge >= 0.3 is 0 Å². The number of carbonyl (C=O) groups is 1. The Balaban J connectivity index is 1.74. The Morgan fingerprint density at radius 1 is 0.893 bits per heavy atom. The van der Waals surface area contributed by atoms with Crippen molar-refractivity contribution in [2.45, 2.75) is 18.7 Å². The minimum absolute atomic E-state index is 0.0813. The van der Waals surface area contributed by atoms with Crippen LogP contribution in [0.2, 0.25) is 5.02 Å². The minimum Gasteiger partial charge on any atom is -0.322 e. The summed E-state index contributed by atoms with van der Waals surface area (Å²) >= 11 is 6.04. The second-order valence-electron chi connectivity index (χ2n) is 6.42. The minimum atomic E-state index is -3.77. The van der Waals surface area contributed by atoms with Gasteiger partial charge in [-0.05, 0) is 67.9 Å². The van der Waals surface area contributed by atoms with Gasteiger partial charge in [0.05, 0.1) is 10.6 Å². The van der Waals surface area contributed by atoms with Crippen molar-refractivity contribution in [3.05, 3.63) is 88.4 Å². The molecule has 0 spiro atoms. The lowest BCUT2D eigenvalue weighted by atomic mass is 10.1. The average Bonchev–Trinajstić information content (AvgIpc) is 2.65. The van der Waals surface area contributed by atoms with Gasteiger partial charge in [-0.2, -0.15) is 0 Å². The molecule has 28 heavy (non-hydrogen) atoms. The molecule has 144 valence electrons. The van der Waals surface area contributed by atoms with Crippen LogP contribution in [0.3, 0.4) is 0 Å². The van der Waals surface area contributed by atoms with Gasteiger partial charge in [0.1, 0.15) is 0 Å². The third-order valence-electron chi connectivity index (χ3n) is 4.13. The van der Waals surface area contributed by atoms with Crippen LogP contribution in [-0.4, -0.2) is 14.3 Å². The van der Waals surface area contributed by atoms with E-state index in [-0.39, 0.29) is 10.8 Å². The third kappa shape index (κ3) is 4.71. The zero-order chi connectivity index (χ0) is 20.3. The van der Waals surface area contributed by atoms with Gasteiger partial charge in [0, 0.05) is 16.3 Å². The number of aryl methyl sites for hydroxylation is 2. The van der Waals surface area contributed by atoms with Crippen LogP contribution in [-0.2, 0) is 10.0 Å². The van der Waals surface area contributed by atoms with Crippen molar-refractivity contribution in [1.29, 1.82) is 0 Å². The first kappa shape index (κ1) is 19.9. The van der Waals surface area contributed by atoms with Crippen LogP contribution in [0, 0.1) is 13.8 Å². The van der Waals surface area contributed by atoms with E-state index in [4.69, 9.17) is 11.6 Å². The summed E-state index contributed by atoms with van der Waals surface area (Å²) < 4.78 is 27.6. The third-order valence-corrected chi connectivity index (χ3v) is 5.93. The molecule has 0 saturated heterocycles. The molecule has 3 aromatic rings. The van der Waals surface area contributed by atoms with Crippen molar-refractivity contribution in [3.8, 4) is 0 Å². The number of halogens is 1. The lowest BCUT2D eigenvalue weighted by Crippen LogP contribution is -2.14. The predicted molar refractivity (Wildman–Crippen MR) is 113 cm³/mol. The van der Waals surface area contributed by atoms with E-state index in [2.05, 4.69) is 10.0 Å². The van der Waals surface area contributed by atoms with Crippen molar-refractivity contribution < 1.29 is 13.2 Å². The molecule has 0 bridgehead atoms. The van der Waals surface area contributed by atoms with E-state index in [1.54, 1.807) is 42.5 Å². The van der Waals surface area contributed by atoms with E-state index >= 15 is 0 Å². The van der Waals surface area contributed by atoms with E-state index in [1.165, 1.54) is 12.1 Å². The highest BCUT2D eigenvalue weighted by molar-refractivity contribution is 7.92. The number of benzene rings is 3. The Morgan fingerprint density at radius 2 is 1.57 bits per heavy atom. The number of nitrogens with one attached hydrogen (secondary N) is 2. The maximum Gasteiger partial charge on any atom is 0.261 e. The Kier molecular flexibility index (Phi) is 5.72. The molecule has 0 fully saturated rings. The van der Waals surface area contributed by atoms with Crippen molar-refractivity contribution >= 4 is 38.9 Å². The molecule has 3 aromatic carbocycles. The zero-order valence-corrected chi connectivity index (χ0v) is 16.9. The standard InChI is InChI=1S/C21H19ClN2O3S/c1-14-4-3-5-16(12-14)21(25)23-17-8-10-19(11-9-17)28(26,27)24-18-7-6-15(2)20(22)13-18/h3-13,24H,1-2H3,(H,23,25). The van der Waals surface area contributed by atoms with Crippen molar-refractivity contribution in [1.82, 2.24) is 0 Å². The molecule has 0 aliphatic rings. The molecule has 0 saturated carbocycles. The Morgan fingerprint density at radius 3 is 2.21 bits per heavy atom. The Hall–Kier alpha value is -2.83. The van der Waals surface area contributed by atoms with Gasteiger partial charge in [0.25, 0.3) is 15.9 Å². The van der Waals surface area contributed by atoms with Gasteiger partial charge < -0.3 is 5.32 Å². The first-order valence-electron chi connectivity index (χ1n) is 8.52. The maximum atomic E-state index is 12.5. The summed E-state index contributed by atoms with van der Waals surface area (Å²) in [5.41, 5.74) is 3.26. The lowest BCUT2D eigenvalue weighted by molar-refractivity contribution is 0.102. The average molecular weight is 415 g/mol. The largest absolute Gasteiger partial charge is 0.322 e. The normalized spacial score (nSPS) is 11.1. The number of hydrogen-bond donors (Lipinski definition) is 2. The van der Waals surface area contributed by atoms with Gasteiger partial charge in [0.2, 0.25) is 0 Å². The molecule has 0 radical (unpaired) electrons. The van der Waals surface area contributed by atoms with Gasteiger partial charge in [-0.25, -0.2) is 8.42 Å². The molecule has 2 N–H and O–H groups in total. The second kappa shape index (κ2) is 8.04. The molecule has 0 unspecified atom stereocenters. The van der Waals surface area contributed by atoms with Crippen molar-refractivity contribution in [3.63, 3.8) is 0 Å². The van der Waals surface area contributed by atoms with Crippen LogP contribution in [0.25, 0.3) is 0 Å². The van der Waals surface area contributed by atoms with Gasteiger partial charge in [-0.15, -0.1) is 0 Å². The predicted octanol–water partition coefficient (Wildman–Crippen LogP) is 5.01. The van der Waals surface area contributed by atoms with Crippen LogP contribution in [0.1, 0.15) is 21.5 Å². The lowest BCUT2D eigenvalue weighted by Gasteiger charge is -2.10. The van der Waals surface area contributed by atoms with Gasteiger partial charge in [-0.1, -0.05) is 35.4 Å². The van der Waals surface area contributed by atoms with E-state index in [9.17, 15) is 13.2 Å². The summed E-state index contributed by atoms with van der Waals surface area (Å²) in [7, 11) is -3.77. The fourth-order valence-corrected chi connectivity index (χ4v) is 3.81. The SMILES string of the molecule is Cc1cccc(C(=O)Nc2ccc(S(=O)(=O)Nc3ccc(C)c(Cl)c3)cc2)c1.